The maximum atomic E-state index is 11.6. The van der Waals surface area contributed by atoms with Gasteiger partial charge >= 0.3 is 0 Å². The number of ether oxygens (including phenoxy) is 3. The Kier molecular flexibility index (Phi) is 2.85. The predicted octanol–water partition coefficient (Wildman–Crippen LogP) is 1.09. The lowest BCUT2D eigenvalue weighted by molar-refractivity contribution is -0.349. The van der Waals surface area contributed by atoms with E-state index in [1.807, 2.05) is 6.92 Å². The molecule has 0 bridgehead atoms. The Morgan fingerprint density at radius 2 is 2.21 bits per heavy atom. The fourth-order valence-corrected chi connectivity index (χ4v) is 2.19. The number of carbonyl (C=O) groups is 1. The number of hydrogen-bond donors (Lipinski definition) is 0. The van der Waals surface area contributed by atoms with Crippen LogP contribution in [0.2, 0.25) is 0 Å². The van der Waals surface area contributed by atoms with E-state index in [1.165, 1.54) is 0 Å². The molecule has 1 saturated carbocycles. The van der Waals surface area contributed by atoms with E-state index in [2.05, 4.69) is 0 Å². The van der Waals surface area contributed by atoms with Crippen LogP contribution in [0.5, 0.6) is 0 Å². The molecule has 4 nitrogen and oxygen atoms in total. The van der Waals surface area contributed by atoms with Crippen molar-refractivity contribution in [1.82, 2.24) is 0 Å². The lowest BCUT2D eigenvalue weighted by atomic mass is 10.0. The van der Waals surface area contributed by atoms with Gasteiger partial charge in [0.05, 0.1) is 19.1 Å². The Hall–Kier alpha value is -0.450. The van der Waals surface area contributed by atoms with Gasteiger partial charge in [0.2, 0.25) is 0 Å². The quantitative estimate of drug-likeness (QED) is 0.684. The second-order valence-corrected chi connectivity index (χ2v) is 3.64. The van der Waals surface area contributed by atoms with Crippen LogP contribution in [0.25, 0.3) is 0 Å². The molecule has 1 saturated heterocycles. The Balaban J connectivity index is 2.12. The third-order valence-electron chi connectivity index (χ3n) is 2.77. The summed E-state index contributed by atoms with van der Waals surface area (Å²) in [6, 6.07) is 0. The summed E-state index contributed by atoms with van der Waals surface area (Å²) in [6.45, 7) is 3.42. The molecule has 1 unspecified atom stereocenters. The molecule has 1 atom stereocenters. The summed E-state index contributed by atoms with van der Waals surface area (Å²) < 4.78 is 16.4. The van der Waals surface area contributed by atoms with Crippen LogP contribution in [-0.2, 0) is 19.0 Å². The van der Waals surface area contributed by atoms with Gasteiger partial charge in [-0.3, -0.25) is 4.79 Å². The highest BCUT2D eigenvalue weighted by Crippen LogP contribution is 2.38. The molecule has 1 aliphatic heterocycles. The summed E-state index contributed by atoms with van der Waals surface area (Å²) in [5, 5.41) is 0. The van der Waals surface area contributed by atoms with Crippen molar-refractivity contribution in [3.63, 3.8) is 0 Å². The fourth-order valence-electron chi connectivity index (χ4n) is 2.19. The smallest absolute Gasteiger partial charge is 0.293 e. The Bertz CT molecular complexity index is 220. The SMILES string of the molecule is CCOC1(C2CCCC2=O)OCCO1. The highest BCUT2D eigenvalue weighted by atomic mass is 16.9. The van der Waals surface area contributed by atoms with E-state index in [4.69, 9.17) is 14.2 Å². The summed E-state index contributed by atoms with van der Waals surface area (Å²) in [5.41, 5.74) is 0. The highest BCUT2D eigenvalue weighted by molar-refractivity contribution is 5.83. The topological polar surface area (TPSA) is 44.8 Å². The molecular formula is C10H16O4. The second-order valence-electron chi connectivity index (χ2n) is 3.64. The van der Waals surface area contributed by atoms with Gasteiger partial charge in [-0.1, -0.05) is 0 Å². The van der Waals surface area contributed by atoms with Gasteiger partial charge in [0.1, 0.15) is 5.78 Å². The van der Waals surface area contributed by atoms with Gasteiger partial charge in [-0.05, 0) is 19.8 Å². The molecule has 2 fully saturated rings. The number of rotatable bonds is 3. The zero-order valence-electron chi connectivity index (χ0n) is 8.45. The highest BCUT2D eigenvalue weighted by Gasteiger charge is 2.50. The Morgan fingerprint density at radius 1 is 1.50 bits per heavy atom. The average Bonchev–Trinajstić information content (AvgIpc) is 2.75. The van der Waals surface area contributed by atoms with Crippen molar-refractivity contribution in [3.8, 4) is 0 Å². The van der Waals surface area contributed by atoms with Gasteiger partial charge in [-0.15, -0.1) is 0 Å². The summed E-state index contributed by atoms with van der Waals surface area (Å²) in [4.78, 5) is 11.6. The minimum Gasteiger partial charge on any atom is -0.327 e. The molecule has 0 amide bonds. The zero-order valence-corrected chi connectivity index (χ0v) is 8.45. The van der Waals surface area contributed by atoms with Crippen molar-refractivity contribution < 1.29 is 19.0 Å². The van der Waals surface area contributed by atoms with Crippen LogP contribution < -0.4 is 0 Å². The summed E-state index contributed by atoms with van der Waals surface area (Å²) in [7, 11) is 0. The first-order valence-corrected chi connectivity index (χ1v) is 5.23. The van der Waals surface area contributed by atoms with Gasteiger partial charge in [-0.2, -0.15) is 0 Å². The second kappa shape index (κ2) is 3.96. The van der Waals surface area contributed by atoms with Gasteiger partial charge < -0.3 is 14.2 Å². The van der Waals surface area contributed by atoms with Crippen molar-refractivity contribution in [2.75, 3.05) is 19.8 Å². The third kappa shape index (κ3) is 1.58. The normalized spacial score (nSPS) is 31.2. The van der Waals surface area contributed by atoms with E-state index in [-0.39, 0.29) is 11.7 Å². The van der Waals surface area contributed by atoms with Crippen LogP contribution in [0, 0.1) is 5.92 Å². The number of Topliss-reactive ketones (excluding diaryl/α,β-unsaturated/α-hetero) is 1. The van der Waals surface area contributed by atoms with E-state index in [0.29, 0.717) is 26.2 Å². The molecule has 0 aromatic carbocycles. The van der Waals surface area contributed by atoms with E-state index in [1.54, 1.807) is 0 Å². The molecule has 2 aliphatic rings. The molecule has 0 aromatic heterocycles. The Labute approximate surface area is 83.5 Å². The van der Waals surface area contributed by atoms with Crippen molar-refractivity contribution in [1.29, 1.82) is 0 Å². The minimum absolute atomic E-state index is 0.209. The maximum Gasteiger partial charge on any atom is 0.293 e. The largest absolute Gasteiger partial charge is 0.327 e. The average molecular weight is 200 g/mol. The molecule has 0 N–H and O–H groups in total. The van der Waals surface area contributed by atoms with Crippen LogP contribution in [0.1, 0.15) is 26.2 Å². The van der Waals surface area contributed by atoms with E-state index in [0.717, 1.165) is 12.8 Å². The summed E-state index contributed by atoms with van der Waals surface area (Å²) in [5.74, 6) is -1.06. The van der Waals surface area contributed by atoms with Gasteiger partial charge in [0.15, 0.2) is 0 Å². The molecule has 14 heavy (non-hydrogen) atoms. The van der Waals surface area contributed by atoms with Crippen LogP contribution in [0.4, 0.5) is 0 Å². The fraction of sp³-hybridized carbons (Fsp3) is 0.900. The third-order valence-corrected chi connectivity index (χ3v) is 2.77. The van der Waals surface area contributed by atoms with E-state index in [9.17, 15) is 4.79 Å². The van der Waals surface area contributed by atoms with E-state index < -0.39 is 5.97 Å². The monoisotopic (exact) mass is 200 g/mol. The van der Waals surface area contributed by atoms with Crippen molar-refractivity contribution >= 4 is 5.78 Å². The van der Waals surface area contributed by atoms with Crippen LogP contribution >= 0.6 is 0 Å². The zero-order chi connectivity index (χ0) is 10.0. The van der Waals surface area contributed by atoms with Crippen LogP contribution in [0.3, 0.4) is 0 Å². The molecule has 0 radical (unpaired) electrons. The first-order chi connectivity index (χ1) is 6.78. The van der Waals surface area contributed by atoms with Crippen LogP contribution in [0.15, 0.2) is 0 Å². The number of hydrogen-bond acceptors (Lipinski definition) is 4. The van der Waals surface area contributed by atoms with Gasteiger partial charge in [-0.25, -0.2) is 0 Å². The standard InChI is InChI=1S/C10H16O4/c1-2-12-10(13-6-7-14-10)8-4-3-5-9(8)11/h8H,2-7H2,1H3. The van der Waals surface area contributed by atoms with Crippen molar-refractivity contribution in [2.45, 2.75) is 32.2 Å². The van der Waals surface area contributed by atoms with Crippen LogP contribution in [-0.4, -0.2) is 31.6 Å². The molecule has 0 aromatic rings. The van der Waals surface area contributed by atoms with E-state index >= 15 is 0 Å². The first kappa shape index (κ1) is 10.1. The van der Waals surface area contributed by atoms with Gasteiger partial charge in [0.25, 0.3) is 5.97 Å². The lowest BCUT2D eigenvalue weighted by Gasteiger charge is -2.31. The van der Waals surface area contributed by atoms with Gasteiger partial charge in [0, 0.05) is 13.0 Å². The van der Waals surface area contributed by atoms with Crippen molar-refractivity contribution in [2.24, 2.45) is 5.92 Å². The maximum absolute atomic E-state index is 11.6. The molecule has 1 aliphatic carbocycles. The molecule has 80 valence electrons. The Morgan fingerprint density at radius 3 is 2.71 bits per heavy atom. The lowest BCUT2D eigenvalue weighted by Crippen LogP contribution is -2.44. The molecule has 0 spiro atoms. The molecular weight excluding hydrogens is 184 g/mol. The number of carbonyl (C=O) groups excluding carboxylic acids is 1. The first-order valence-electron chi connectivity index (χ1n) is 5.23. The summed E-state index contributed by atoms with van der Waals surface area (Å²) in [6.07, 6.45) is 2.37. The molecule has 4 heteroatoms. The van der Waals surface area contributed by atoms with Crippen molar-refractivity contribution in [3.05, 3.63) is 0 Å². The summed E-state index contributed by atoms with van der Waals surface area (Å²) >= 11 is 0. The predicted molar refractivity (Wildman–Crippen MR) is 48.6 cm³/mol. The molecule has 2 rings (SSSR count). The molecule has 1 heterocycles. The number of ketones is 1. The minimum atomic E-state index is -1.05.